The van der Waals surface area contributed by atoms with Gasteiger partial charge in [-0.15, -0.1) is 11.3 Å². The molecule has 0 saturated carbocycles. The second-order valence-electron chi connectivity index (χ2n) is 6.71. The lowest BCUT2D eigenvalue weighted by Gasteiger charge is -2.17. The molecule has 126 valence electrons. The molecule has 0 unspecified atom stereocenters. The van der Waals surface area contributed by atoms with Gasteiger partial charge < -0.3 is 15.4 Å². The van der Waals surface area contributed by atoms with Crippen molar-refractivity contribution in [2.75, 3.05) is 19.7 Å². The summed E-state index contributed by atoms with van der Waals surface area (Å²) < 4.78 is 5.50. The molecular formula is C19H22N2O2S. The molecule has 4 nitrogen and oxygen atoms in total. The Balaban J connectivity index is 1.62. The van der Waals surface area contributed by atoms with E-state index in [1.165, 1.54) is 16.7 Å². The number of carbonyl (C=O) groups excluding carboxylic acids is 1. The smallest absolute Gasteiger partial charge is 0.264 e. The van der Waals surface area contributed by atoms with E-state index >= 15 is 0 Å². The van der Waals surface area contributed by atoms with Crippen LogP contribution in [0.2, 0.25) is 0 Å². The molecule has 1 aromatic carbocycles. The predicted octanol–water partition coefficient (Wildman–Crippen LogP) is 2.97. The Morgan fingerprint density at radius 1 is 1.33 bits per heavy atom. The van der Waals surface area contributed by atoms with Crippen LogP contribution in [0.25, 0.3) is 10.4 Å². The molecule has 2 N–H and O–H groups in total. The standard InChI is InChI=1S/C19H22N2O2S/c1-12-8-17(14-2-3-15-11-23-7-5-13(15)9-14)24-18(12)19(22)21-6-4-16(20)10-21/h2-3,8-9,16H,4-7,10-11,20H2,1H3/t16-/m0/s1. The van der Waals surface area contributed by atoms with Gasteiger partial charge in [0.25, 0.3) is 5.91 Å². The summed E-state index contributed by atoms with van der Waals surface area (Å²) in [5, 5.41) is 0. The predicted molar refractivity (Wildman–Crippen MR) is 96.3 cm³/mol. The van der Waals surface area contributed by atoms with Gasteiger partial charge in [-0.2, -0.15) is 0 Å². The van der Waals surface area contributed by atoms with Gasteiger partial charge in [0, 0.05) is 24.0 Å². The van der Waals surface area contributed by atoms with Gasteiger partial charge in [-0.1, -0.05) is 12.1 Å². The molecule has 0 aliphatic carbocycles. The first-order valence-corrected chi connectivity index (χ1v) is 9.28. The maximum Gasteiger partial charge on any atom is 0.264 e. The third-order valence-corrected chi connectivity index (χ3v) is 6.16. The van der Waals surface area contributed by atoms with Crippen LogP contribution in [-0.2, 0) is 17.8 Å². The Hall–Kier alpha value is -1.69. The first-order valence-electron chi connectivity index (χ1n) is 8.47. The van der Waals surface area contributed by atoms with Crippen LogP contribution >= 0.6 is 11.3 Å². The topological polar surface area (TPSA) is 55.6 Å². The lowest BCUT2D eigenvalue weighted by Crippen LogP contribution is -2.31. The van der Waals surface area contributed by atoms with Crippen molar-refractivity contribution in [1.29, 1.82) is 0 Å². The second-order valence-corrected chi connectivity index (χ2v) is 7.76. The number of amides is 1. The van der Waals surface area contributed by atoms with E-state index in [1.54, 1.807) is 11.3 Å². The van der Waals surface area contributed by atoms with Crippen molar-refractivity contribution in [3.63, 3.8) is 0 Å². The van der Waals surface area contributed by atoms with E-state index in [1.807, 2.05) is 11.8 Å². The van der Waals surface area contributed by atoms with Crippen molar-refractivity contribution in [3.8, 4) is 10.4 Å². The minimum Gasteiger partial charge on any atom is -0.376 e. The summed E-state index contributed by atoms with van der Waals surface area (Å²) in [6.45, 7) is 4.96. The van der Waals surface area contributed by atoms with Gasteiger partial charge in [-0.05, 0) is 54.2 Å². The van der Waals surface area contributed by atoms with Crippen LogP contribution in [0.1, 0.15) is 32.8 Å². The Morgan fingerprint density at radius 3 is 3.00 bits per heavy atom. The highest BCUT2D eigenvalue weighted by atomic mass is 32.1. The van der Waals surface area contributed by atoms with Gasteiger partial charge in [0.2, 0.25) is 0 Å². The van der Waals surface area contributed by atoms with Crippen LogP contribution in [0.5, 0.6) is 0 Å². The molecule has 1 saturated heterocycles. The highest BCUT2D eigenvalue weighted by Gasteiger charge is 2.27. The third kappa shape index (κ3) is 2.88. The molecule has 1 atom stereocenters. The summed E-state index contributed by atoms with van der Waals surface area (Å²) in [7, 11) is 0. The summed E-state index contributed by atoms with van der Waals surface area (Å²) in [6, 6.07) is 8.80. The fourth-order valence-electron chi connectivity index (χ4n) is 3.47. The first kappa shape index (κ1) is 15.8. The number of rotatable bonds is 2. The molecule has 1 fully saturated rings. The van der Waals surface area contributed by atoms with Crippen molar-refractivity contribution < 1.29 is 9.53 Å². The van der Waals surface area contributed by atoms with E-state index in [9.17, 15) is 4.79 Å². The second kappa shape index (κ2) is 6.31. The maximum atomic E-state index is 12.8. The van der Waals surface area contributed by atoms with E-state index in [0.717, 1.165) is 41.3 Å². The van der Waals surface area contributed by atoms with Crippen LogP contribution in [0, 0.1) is 6.92 Å². The van der Waals surface area contributed by atoms with Gasteiger partial charge in [-0.25, -0.2) is 0 Å². The van der Waals surface area contributed by atoms with Gasteiger partial charge >= 0.3 is 0 Å². The van der Waals surface area contributed by atoms with Crippen LogP contribution < -0.4 is 5.73 Å². The number of thiophene rings is 1. The number of likely N-dealkylation sites (tertiary alicyclic amines) is 1. The molecule has 2 aromatic rings. The fourth-order valence-corrected chi connectivity index (χ4v) is 4.61. The Labute approximate surface area is 146 Å². The van der Waals surface area contributed by atoms with Crippen molar-refractivity contribution >= 4 is 17.2 Å². The monoisotopic (exact) mass is 342 g/mol. The Bertz CT molecular complexity index is 784. The zero-order valence-electron chi connectivity index (χ0n) is 13.9. The average molecular weight is 342 g/mol. The van der Waals surface area contributed by atoms with Crippen LogP contribution in [0.4, 0.5) is 0 Å². The van der Waals surface area contributed by atoms with Crippen molar-refractivity contribution in [2.24, 2.45) is 5.73 Å². The summed E-state index contributed by atoms with van der Waals surface area (Å²) in [6.07, 6.45) is 1.86. The minimum atomic E-state index is 0.122. The Morgan fingerprint density at radius 2 is 2.21 bits per heavy atom. The van der Waals surface area contributed by atoms with E-state index < -0.39 is 0 Å². The summed E-state index contributed by atoms with van der Waals surface area (Å²) in [5.74, 6) is 0.128. The number of ether oxygens (including phenoxy) is 1. The largest absolute Gasteiger partial charge is 0.376 e. The quantitative estimate of drug-likeness (QED) is 0.913. The SMILES string of the molecule is Cc1cc(-c2ccc3c(c2)CCOC3)sc1C(=O)N1CC[C@H](N)C1. The molecule has 2 aliphatic rings. The van der Waals surface area contributed by atoms with E-state index in [0.29, 0.717) is 13.2 Å². The lowest BCUT2D eigenvalue weighted by atomic mass is 9.99. The summed E-state index contributed by atoms with van der Waals surface area (Å²) >= 11 is 1.60. The summed E-state index contributed by atoms with van der Waals surface area (Å²) in [4.78, 5) is 16.6. The molecule has 5 heteroatoms. The number of hydrogen-bond donors (Lipinski definition) is 1. The highest BCUT2D eigenvalue weighted by Crippen LogP contribution is 2.34. The van der Waals surface area contributed by atoms with Gasteiger partial charge in [0.15, 0.2) is 0 Å². The number of benzene rings is 1. The normalized spacial score (nSPS) is 20.2. The highest BCUT2D eigenvalue weighted by molar-refractivity contribution is 7.17. The molecular weight excluding hydrogens is 320 g/mol. The maximum absolute atomic E-state index is 12.8. The molecule has 3 heterocycles. The fraction of sp³-hybridized carbons (Fsp3) is 0.421. The van der Waals surface area contributed by atoms with Crippen LogP contribution in [0.15, 0.2) is 24.3 Å². The van der Waals surface area contributed by atoms with Crippen molar-refractivity contribution in [1.82, 2.24) is 4.90 Å². The molecule has 1 amide bonds. The molecule has 0 spiro atoms. The van der Waals surface area contributed by atoms with E-state index in [-0.39, 0.29) is 11.9 Å². The van der Waals surface area contributed by atoms with Crippen LogP contribution in [-0.4, -0.2) is 36.5 Å². The molecule has 0 bridgehead atoms. The zero-order valence-corrected chi connectivity index (χ0v) is 14.7. The summed E-state index contributed by atoms with van der Waals surface area (Å²) in [5.41, 5.74) is 10.8. The molecule has 24 heavy (non-hydrogen) atoms. The molecule has 2 aliphatic heterocycles. The number of nitrogens with two attached hydrogens (primary N) is 1. The zero-order chi connectivity index (χ0) is 16.7. The average Bonchev–Trinajstić information content (AvgIpc) is 3.20. The lowest BCUT2D eigenvalue weighted by molar-refractivity contribution is 0.0795. The number of fused-ring (bicyclic) bond motifs is 1. The molecule has 0 radical (unpaired) electrons. The molecule has 1 aromatic heterocycles. The van der Waals surface area contributed by atoms with Gasteiger partial charge in [0.1, 0.15) is 0 Å². The van der Waals surface area contributed by atoms with Gasteiger partial charge in [0.05, 0.1) is 18.1 Å². The number of carbonyl (C=O) groups is 1. The van der Waals surface area contributed by atoms with Gasteiger partial charge in [-0.3, -0.25) is 4.79 Å². The van der Waals surface area contributed by atoms with E-state index in [4.69, 9.17) is 10.5 Å². The molecule has 4 rings (SSSR count). The van der Waals surface area contributed by atoms with Crippen LogP contribution in [0.3, 0.4) is 0 Å². The van der Waals surface area contributed by atoms with E-state index in [2.05, 4.69) is 24.3 Å². The number of hydrogen-bond acceptors (Lipinski definition) is 4. The van der Waals surface area contributed by atoms with Crippen molar-refractivity contribution in [2.45, 2.75) is 32.4 Å². The minimum absolute atomic E-state index is 0.122. The third-order valence-electron chi connectivity index (χ3n) is 4.89. The number of nitrogens with zero attached hydrogens (tertiary/aromatic N) is 1. The Kier molecular flexibility index (Phi) is 4.16. The number of aryl methyl sites for hydroxylation is 1. The van der Waals surface area contributed by atoms with Crippen molar-refractivity contribution in [3.05, 3.63) is 45.8 Å². The first-order chi connectivity index (χ1) is 11.6.